The van der Waals surface area contributed by atoms with E-state index >= 15 is 0 Å². The Bertz CT molecular complexity index is 319. The molecule has 1 rings (SSSR count). The van der Waals surface area contributed by atoms with Crippen molar-refractivity contribution in [2.75, 3.05) is 0 Å². The molecule has 0 aromatic rings. The van der Waals surface area contributed by atoms with Crippen LogP contribution in [-0.4, -0.2) is 10.8 Å². The zero-order chi connectivity index (χ0) is 9.30. The molecule has 3 N–H and O–H groups in total. The smallest absolute Gasteiger partial charge is 0.391 e. The van der Waals surface area contributed by atoms with Crippen LogP contribution in [0.4, 0.5) is 0 Å². The van der Waals surface area contributed by atoms with Crippen LogP contribution >= 0.6 is 15.9 Å². The zero-order valence-electron chi connectivity index (χ0n) is 5.87. The van der Waals surface area contributed by atoms with Crippen LogP contribution in [0, 0.1) is 10.1 Å². The van der Waals surface area contributed by atoms with Gasteiger partial charge in [-0.15, -0.1) is 0 Å². The first-order chi connectivity index (χ1) is 5.54. The topological polar surface area (TPSA) is 93.5 Å². The zero-order valence-corrected chi connectivity index (χ0v) is 7.46. The Kier molecular flexibility index (Phi) is 2.13. The minimum Gasteiger partial charge on any atom is -0.391 e. The van der Waals surface area contributed by atoms with E-state index in [9.17, 15) is 10.1 Å². The maximum Gasteiger partial charge on any atom is 0.412 e. The van der Waals surface area contributed by atoms with Gasteiger partial charge in [0, 0.05) is 0 Å². The van der Waals surface area contributed by atoms with Gasteiger partial charge in [0.1, 0.15) is 5.70 Å². The Hall–Kier alpha value is -1.37. The average Bonchev–Trinajstić information content (AvgIpc) is 2.00. The third-order valence-electron chi connectivity index (χ3n) is 1.21. The number of nitrogens with zero attached hydrogens (tertiary/aromatic N) is 2. The molecule has 0 aromatic heterocycles. The van der Waals surface area contributed by atoms with E-state index in [-0.39, 0.29) is 5.70 Å². The largest absolute Gasteiger partial charge is 0.412 e. The molecule has 64 valence electrons. The summed E-state index contributed by atoms with van der Waals surface area (Å²) in [6.07, 6.45) is 0. The van der Waals surface area contributed by atoms with Gasteiger partial charge >= 0.3 is 5.84 Å². The minimum atomic E-state index is -0.671. The number of halogens is 1. The number of nitrogens with one attached hydrogen (secondary N) is 1. The molecular weight excluding hydrogens is 228 g/mol. The van der Waals surface area contributed by atoms with Gasteiger partial charge in [0.2, 0.25) is 0 Å². The highest BCUT2D eigenvalue weighted by Crippen LogP contribution is 2.19. The number of rotatable bonds is 0. The Balaban J connectivity index is 3.11. The molecule has 7 heteroatoms. The molecule has 0 unspecified atom stereocenters. The Morgan fingerprint density at radius 1 is 1.75 bits per heavy atom. The van der Waals surface area contributed by atoms with E-state index in [2.05, 4.69) is 33.0 Å². The van der Waals surface area contributed by atoms with E-state index in [1.165, 1.54) is 0 Å². The van der Waals surface area contributed by atoms with E-state index in [1.807, 2.05) is 0 Å². The SMILES string of the molecule is C=C1NN=C([N+](=O)[O-])C(N)=C1Br. The summed E-state index contributed by atoms with van der Waals surface area (Å²) in [4.78, 5) is 9.62. The highest BCUT2D eigenvalue weighted by molar-refractivity contribution is 9.12. The summed E-state index contributed by atoms with van der Waals surface area (Å²) in [6.45, 7) is 3.51. The molecule has 1 aliphatic rings. The fraction of sp³-hybridized carbons (Fsp3) is 0. The Labute approximate surface area is 76.1 Å². The van der Waals surface area contributed by atoms with E-state index in [0.717, 1.165) is 0 Å². The van der Waals surface area contributed by atoms with Crippen LogP contribution in [0.3, 0.4) is 0 Å². The molecule has 0 saturated carbocycles. The lowest BCUT2D eigenvalue weighted by molar-refractivity contribution is -0.350. The second-order valence-corrected chi connectivity index (χ2v) is 2.80. The van der Waals surface area contributed by atoms with Crippen molar-refractivity contribution in [1.82, 2.24) is 5.43 Å². The molecule has 12 heavy (non-hydrogen) atoms. The van der Waals surface area contributed by atoms with Crippen LogP contribution < -0.4 is 11.2 Å². The van der Waals surface area contributed by atoms with Crippen molar-refractivity contribution in [3.63, 3.8) is 0 Å². The second kappa shape index (κ2) is 2.94. The highest BCUT2D eigenvalue weighted by atomic mass is 79.9. The highest BCUT2D eigenvalue weighted by Gasteiger charge is 2.26. The summed E-state index contributed by atoms with van der Waals surface area (Å²) in [5, 5.41) is 13.7. The van der Waals surface area contributed by atoms with Crippen LogP contribution in [0.2, 0.25) is 0 Å². The van der Waals surface area contributed by atoms with Crippen molar-refractivity contribution < 1.29 is 4.92 Å². The molecule has 0 saturated heterocycles. The second-order valence-electron chi connectivity index (χ2n) is 2.01. The quantitative estimate of drug-likeness (QED) is 0.463. The summed E-state index contributed by atoms with van der Waals surface area (Å²) in [7, 11) is 0. The van der Waals surface area contributed by atoms with Crippen LogP contribution in [0.1, 0.15) is 0 Å². The normalized spacial score (nSPS) is 17.1. The third kappa shape index (κ3) is 1.30. The molecule has 0 aromatic carbocycles. The first kappa shape index (κ1) is 8.72. The van der Waals surface area contributed by atoms with Crippen molar-refractivity contribution in [3.8, 4) is 0 Å². The summed E-state index contributed by atoms with van der Waals surface area (Å²) < 4.78 is 0.365. The molecule has 0 aliphatic carbocycles. The number of nitrogens with two attached hydrogens (primary N) is 1. The molecule has 1 aliphatic heterocycles. The third-order valence-corrected chi connectivity index (χ3v) is 2.12. The summed E-state index contributed by atoms with van der Waals surface area (Å²) in [6, 6.07) is 0. The lowest BCUT2D eigenvalue weighted by Crippen LogP contribution is -2.29. The number of hydrogen-bond donors (Lipinski definition) is 2. The van der Waals surface area contributed by atoms with Gasteiger partial charge in [0.15, 0.2) is 0 Å². The maximum atomic E-state index is 10.3. The van der Waals surface area contributed by atoms with Crippen molar-refractivity contribution >= 4 is 21.8 Å². The first-order valence-electron chi connectivity index (χ1n) is 2.87. The molecule has 0 spiro atoms. The standard InChI is InChI=1S/C5H5BrN4O2/c1-2-3(6)4(7)5(9-8-2)10(11)12/h8H,1,7H2. The molecule has 0 bridgehead atoms. The molecule has 1 heterocycles. The number of nitro groups is 1. The van der Waals surface area contributed by atoms with Crippen LogP contribution in [0.15, 0.2) is 27.6 Å². The van der Waals surface area contributed by atoms with Gasteiger partial charge in [-0.25, -0.2) is 0 Å². The predicted octanol–water partition coefficient (Wildman–Crippen LogP) is 0.259. The minimum absolute atomic E-state index is 0.0243. The van der Waals surface area contributed by atoms with Gasteiger partial charge in [-0.2, -0.15) is 5.43 Å². The number of allylic oxidation sites excluding steroid dienone is 1. The lowest BCUT2D eigenvalue weighted by Gasteiger charge is -2.08. The van der Waals surface area contributed by atoms with E-state index in [4.69, 9.17) is 5.73 Å². The fourth-order valence-corrected chi connectivity index (χ4v) is 0.896. The molecule has 6 nitrogen and oxygen atoms in total. The van der Waals surface area contributed by atoms with Gasteiger partial charge in [0.25, 0.3) is 0 Å². The van der Waals surface area contributed by atoms with Crippen LogP contribution in [0.25, 0.3) is 0 Å². The van der Waals surface area contributed by atoms with Crippen molar-refractivity contribution in [1.29, 1.82) is 0 Å². The van der Waals surface area contributed by atoms with Crippen LogP contribution in [-0.2, 0) is 0 Å². The summed E-state index contributed by atoms with van der Waals surface area (Å²) >= 11 is 3.04. The summed E-state index contributed by atoms with van der Waals surface area (Å²) in [5.74, 6) is -0.408. The van der Waals surface area contributed by atoms with Crippen molar-refractivity contribution in [2.24, 2.45) is 10.8 Å². The average molecular weight is 233 g/mol. The monoisotopic (exact) mass is 232 g/mol. The Morgan fingerprint density at radius 2 is 2.33 bits per heavy atom. The maximum absolute atomic E-state index is 10.3. The van der Waals surface area contributed by atoms with Crippen molar-refractivity contribution in [2.45, 2.75) is 0 Å². The summed E-state index contributed by atoms with van der Waals surface area (Å²) in [5.41, 5.74) is 8.11. The van der Waals surface area contributed by atoms with Gasteiger partial charge in [-0.05, 0) is 20.9 Å². The number of amidine groups is 1. The van der Waals surface area contributed by atoms with Crippen molar-refractivity contribution in [3.05, 3.63) is 32.6 Å². The van der Waals surface area contributed by atoms with E-state index in [0.29, 0.717) is 10.2 Å². The first-order valence-corrected chi connectivity index (χ1v) is 3.66. The number of hydrogen-bond acceptors (Lipinski definition) is 5. The number of hydrazone groups is 1. The molecule has 0 fully saturated rings. The van der Waals surface area contributed by atoms with Gasteiger partial charge < -0.3 is 15.8 Å². The Morgan fingerprint density at radius 3 is 2.83 bits per heavy atom. The lowest BCUT2D eigenvalue weighted by atomic mass is 10.3. The van der Waals surface area contributed by atoms with E-state index < -0.39 is 10.8 Å². The van der Waals surface area contributed by atoms with Gasteiger partial charge in [-0.1, -0.05) is 6.58 Å². The van der Waals surface area contributed by atoms with Gasteiger partial charge in [-0.3, -0.25) is 0 Å². The molecule has 0 amide bonds. The molecule has 0 atom stereocenters. The van der Waals surface area contributed by atoms with E-state index in [1.54, 1.807) is 0 Å². The van der Waals surface area contributed by atoms with Gasteiger partial charge in [0.05, 0.1) is 15.3 Å². The fourth-order valence-electron chi connectivity index (χ4n) is 0.630. The van der Waals surface area contributed by atoms with Crippen LogP contribution in [0.5, 0.6) is 0 Å². The molecule has 0 radical (unpaired) electrons. The predicted molar refractivity (Wildman–Crippen MR) is 46.8 cm³/mol. The molecular formula is C5H5BrN4O2.